The van der Waals surface area contributed by atoms with Crippen LogP contribution in [0.1, 0.15) is 20.7 Å². The number of carbonyl (C=O) groups is 2. The van der Waals surface area contributed by atoms with Crippen LogP contribution in [0.4, 0.5) is 17.1 Å². The van der Waals surface area contributed by atoms with Gasteiger partial charge in [0.2, 0.25) is 0 Å². The van der Waals surface area contributed by atoms with Gasteiger partial charge in [0, 0.05) is 44.9 Å². The molecule has 0 saturated carbocycles. The number of benzene rings is 4. The molecule has 5 rings (SSSR count). The maximum atomic E-state index is 10.1. The van der Waals surface area contributed by atoms with Crippen molar-refractivity contribution in [2.75, 3.05) is 17.2 Å². The Balaban J connectivity index is 0.000000270. The number of rotatable bonds is 5. The zero-order valence-electron chi connectivity index (χ0n) is 19.8. The average molecular weight is 489 g/mol. The topological polar surface area (TPSA) is 151 Å². The van der Waals surface area contributed by atoms with E-state index in [4.69, 9.17) is 17.2 Å². The second kappa shape index (κ2) is 11.4. The smallest absolute Gasteiger partial charge is 0.164 e. The van der Waals surface area contributed by atoms with Gasteiger partial charge in [0.1, 0.15) is 12.6 Å². The van der Waals surface area contributed by atoms with Crippen molar-refractivity contribution < 1.29 is 9.59 Å². The highest BCUT2D eigenvalue weighted by Crippen LogP contribution is 2.26. The molecule has 0 bridgehead atoms. The second-order valence-electron chi connectivity index (χ2n) is 8.07. The fourth-order valence-electron chi connectivity index (χ4n) is 3.31. The van der Waals surface area contributed by atoms with Crippen molar-refractivity contribution in [3.8, 4) is 34.2 Å². The summed E-state index contributed by atoms with van der Waals surface area (Å²) >= 11 is 0. The summed E-state index contributed by atoms with van der Waals surface area (Å²) in [5.74, 6) is 1.72. The van der Waals surface area contributed by atoms with Gasteiger partial charge in [-0.1, -0.05) is 24.3 Å². The lowest BCUT2D eigenvalue weighted by Crippen LogP contribution is -2.00. The third kappa shape index (κ3) is 6.40. The Morgan fingerprint density at radius 1 is 0.405 bits per heavy atom. The van der Waals surface area contributed by atoms with Gasteiger partial charge in [0.15, 0.2) is 17.5 Å². The lowest BCUT2D eigenvalue weighted by atomic mass is 10.1. The first-order valence-corrected chi connectivity index (χ1v) is 11.3. The summed E-state index contributed by atoms with van der Waals surface area (Å²) in [6.45, 7) is 0. The molecule has 0 spiro atoms. The fraction of sp³-hybridized carbons (Fsp3) is 0. The number of anilines is 3. The van der Waals surface area contributed by atoms with Crippen LogP contribution in [-0.4, -0.2) is 27.5 Å². The van der Waals surface area contributed by atoms with Crippen molar-refractivity contribution in [2.45, 2.75) is 0 Å². The Labute approximate surface area is 213 Å². The zero-order valence-corrected chi connectivity index (χ0v) is 19.8. The Bertz CT molecular complexity index is 1320. The first-order valence-electron chi connectivity index (χ1n) is 11.3. The molecule has 0 fully saturated rings. The van der Waals surface area contributed by atoms with E-state index in [1.807, 2.05) is 72.8 Å². The van der Waals surface area contributed by atoms with Crippen LogP contribution in [0.25, 0.3) is 34.2 Å². The fourth-order valence-corrected chi connectivity index (χ4v) is 3.31. The van der Waals surface area contributed by atoms with Crippen molar-refractivity contribution in [1.82, 2.24) is 15.0 Å². The van der Waals surface area contributed by atoms with Crippen LogP contribution in [0.15, 0.2) is 97.1 Å². The minimum Gasteiger partial charge on any atom is -0.399 e. The number of hydrogen-bond donors (Lipinski definition) is 3. The molecule has 0 aliphatic heterocycles. The molecule has 0 saturated heterocycles. The van der Waals surface area contributed by atoms with Crippen molar-refractivity contribution in [1.29, 1.82) is 0 Å². The van der Waals surface area contributed by atoms with Crippen LogP contribution in [0, 0.1) is 0 Å². The molecule has 0 aliphatic rings. The predicted molar refractivity (Wildman–Crippen MR) is 147 cm³/mol. The molecule has 0 radical (unpaired) electrons. The van der Waals surface area contributed by atoms with Crippen LogP contribution in [-0.2, 0) is 0 Å². The van der Waals surface area contributed by atoms with E-state index in [1.165, 1.54) is 0 Å². The highest BCUT2D eigenvalue weighted by molar-refractivity contribution is 5.79. The molecule has 37 heavy (non-hydrogen) atoms. The molecule has 0 amide bonds. The van der Waals surface area contributed by atoms with Crippen molar-refractivity contribution in [3.05, 3.63) is 108 Å². The van der Waals surface area contributed by atoms with Crippen LogP contribution in [0.5, 0.6) is 0 Å². The molecule has 1 heterocycles. The van der Waals surface area contributed by atoms with E-state index < -0.39 is 0 Å². The SMILES string of the molecule is Nc1ccc(-c2nc(-c3ccc(N)cc3)nc(-c3ccc(N)cc3)n2)cc1.O=Cc1ccc(C=O)cc1. The maximum Gasteiger partial charge on any atom is 0.164 e. The summed E-state index contributed by atoms with van der Waals surface area (Å²) in [7, 11) is 0. The van der Waals surface area contributed by atoms with Gasteiger partial charge in [0.05, 0.1) is 0 Å². The Hall–Kier alpha value is -5.37. The van der Waals surface area contributed by atoms with Gasteiger partial charge in [-0.2, -0.15) is 0 Å². The molecule has 0 unspecified atom stereocenters. The van der Waals surface area contributed by atoms with Gasteiger partial charge >= 0.3 is 0 Å². The number of nitrogens with zero attached hydrogens (tertiary/aromatic N) is 3. The molecule has 0 atom stereocenters. The number of nitrogen functional groups attached to an aromatic ring is 3. The van der Waals surface area contributed by atoms with Crippen molar-refractivity contribution in [2.24, 2.45) is 0 Å². The van der Waals surface area contributed by atoms with Gasteiger partial charge in [-0.05, 0) is 72.8 Å². The first-order chi connectivity index (χ1) is 17.9. The Morgan fingerprint density at radius 3 is 0.865 bits per heavy atom. The minimum absolute atomic E-state index is 0.573. The van der Waals surface area contributed by atoms with Gasteiger partial charge < -0.3 is 17.2 Å². The summed E-state index contributed by atoms with van der Waals surface area (Å²) < 4.78 is 0. The lowest BCUT2D eigenvalue weighted by molar-refractivity contribution is 0.111. The number of aldehydes is 2. The molecule has 0 aliphatic carbocycles. The molecule has 4 aromatic carbocycles. The Kier molecular flexibility index (Phi) is 7.60. The monoisotopic (exact) mass is 488 g/mol. The summed E-state index contributed by atoms with van der Waals surface area (Å²) in [6.07, 6.45) is 1.49. The molecule has 182 valence electrons. The third-order valence-corrected chi connectivity index (χ3v) is 5.35. The molecule has 6 N–H and O–H groups in total. The maximum absolute atomic E-state index is 10.1. The minimum atomic E-state index is 0.573. The van der Waals surface area contributed by atoms with E-state index in [2.05, 4.69) is 15.0 Å². The summed E-state index contributed by atoms with van der Waals surface area (Å²) in [4.78, 5) is 34.2. The van der Waals surface area contributed by atoms with E-state index >= 15 is 0 Å². The molecule has 8 nitrogen and oxygen atoms in total. The normalized spacial score (nSPS) is 10.2. The molecule has 8 heteroatoms. The first kappa shape index (κ1) is 24.7. The van der Waals surface area contributed by atoms with Crippen LogP contribution in [0.2, 0.25) is 0 Å². The lowest BCUT2D eigenvalue weighted by Gasteiger charge is -2.09. The van der Waals surface area contributed by atoms with Crippen molar-refractivity contribution >= 4 is 29.6 Å². The molecule has 5 aromatic rings. The van der Waals surface area contributed by atoms with E-state index in [0.29, 0.717) is 45.7 Å². The highest BCUT2D eigenvalue weighted by atomic mass is 16.1. The van der Waals surface area contributed by atoms with Gasteiger partial charge in [-0.3, -0.25) is 9.59 Å². The average Bonchev–Trinajstić information content (AvgIpc) is 2.94. The highest BCUT2D eigenvalue weighted by Gasteiger charge is 2.12. The van der Waals surface area contributed by atoms with Gasteiger partial charge in [0.25, 0.3) is 0 Å². The van der Waals surface area contributed by atoms with Crippen LogP contribution < -0.4 is 17.2 Å². The number of aromatic nitrogens is 3. The molecule has 1 aromatic heterocycles. The zero-order chi connectivity index (χ0) is 26.2. The van der Waals surface area contributed by atoms with Crippen LogP contribution >= 0.6 is 0 Å². The van der Waals surface area contributed by atoms with Gasteiger partial charge in [-0.15, -0.1) is 0 Å². The van der Waals surface area contributed by atoms with E-state index in [0.717, 1.165) is 29.3 Å². The third-order valence-electron chi connectivity index (χ3n) is 5.35. The predicted octanol–water partition coefficient (Wildman–Crippen LogP) is 4.93. The number of hydrogen-bond acceptors (Lipinski definition) is 8. The number of nitrogens with two attached hydrogens (primary N) is 3. The van der Waals surface area contributed by atoms with Crippen molar-refractivity contribution in [3.63, 3.8) is 0 Å². The van der Waals surface area contributed by atoms with E-state index in [1.54, 1.807) is 24.3 Å². The standard InChI is InChI=1S/C21H18N6.C8H6O2/c22-16-7-1-13(2-8-16)19-25-20(14-3-9-17(23)10-4-14)27-21(26-19)15-5-11-18(24)12-6-15;9-5-7-1-2-8(6-10)4-3-7/h1-12H,22-24H2;1-6H. The van der Waals surface area contributed by atoms with Crippen LogP contribution in [0.3, 0.4) is 0 Å². The quantitative estimate of drug-likeness (QED) is 0.233. The van der Waals surface area contributed by atoms with E-state index in [9.17, 15) is 9.59 Å². The summed E-state index contributed by atoms with van der Waals surface area (Å²) in [5.41, 5.74) is 23.2. The molecular formula is C29H24N6O2. The Morgan fingerprint density at radius 2 is 0.649 bits per heavy atom. The van der Waals surface area contributed by atoms with E-state index in [-0.39, 0.29) is 0 Å². The number of carbonyl (C=O) groups excluding carboxylic acids is 2. The summed E-state index contributed by atoms with van der Waals surface area (Å²) in [6, 6.07) is 28.7. The van der Waals surface area contributed by atoms with Gasteiger partial charge in [-0.25, -0.2) is 15.0 Å². The molecular weight excluding hydrogens is 464 g/mol. The second-order valence-corrected chi connectivity index (χ2v) is 8.07. The largest absolute Gasteiger partial charge is 0.399 e. The summed E-state index contributed by atoms with van der Waals surface area (Å²) in [5, 5.41) is 0.